The van der Waals surface area contributed by atoms with Crippen LogP contribution in [0.15, 0.2) is 36.5 Å². The zero-order valence-corrected chi connectivity index (χ0v) is 22.1. The van der Waals surface area contributed by atoms with Crippen LogP contribution in [0, 0.1) is 0 Å². The highest BCUT2D eigenvalue weighted by Gasteiger charge is 2.34. The molecule has 1 N–H and O–H groups in total. The van der Waals surface area contributed by atoms with Gasteiger partial charge in [0.05, 0.1) is 11.7 Å². The maximum absolute atomic E-state index is 12.6. The zero-order chi connectivity index (χ0) is 24.4. The number of carbonyl (C=O) groups excluding carboxylic acids is 2. The van der Waals surface area contributed by atoms with E-state index in [2.05, 4.69) is 28.4 Å². The van der Waals surface area contributed by atoms with Gasteiger partial charge in [0.2, 0.25) is 5.91 Å². The third-order valence-corrected chi connectivity index (χ3v) is 7.63. The monoisotopic (exact) mass is 512 g/mol. The van der Waals surface area contributed by atoms with Crippen molar-refractivity contribution in [3.8, 4) is 11.1 Å². The Morgan fingerprint density at radius 1 is 1.06 bits per heavy atom. The van der Waals surface area contributed by atoms with Crippen molar-refractivity contribution >= 4 is 30.1 Å². The molecule has 1 saturated heterocycles. The molecule has 1 saturated carbocycles. The van der Waals surface area contributed by atoms with Crippen LogP contribution in [-0.4, -0.2) is 47.1 Å². The molecule has 2 fully saturated rings. The first-order chi connectivity index (χ1) is 17.0. The van der Waals surface area contributed by atoms with E-state index in [1.165, 1.54) is 19.3 Å². The number of hydrogen-bond acceptors (Lipinski definition) is 5. The predicted molar refractivity (Wildman–Crippen MR) is 143 cm³/mol. The van der Waals surface area contributed by atoms with Crippen LogP contribution in [0.1, 0.15) is 76.1 Å². The molecule has 3 heterocycles. The van der Waals surface area contributed by atoms with Gasteiger partial charge in [0.15, 0.2) is 0 Å². The van der Waals surface area contributed by atoms with Gasteiger partial charge in [-0.25, -0.2) is 4.79 Å². The molecule has 0 radical (unpaired) electrons. The average molecular weight is 513 g/mol. The number of benzene rings is 1. The van der Waals surface area contributed by atoms with Gasteiger partial charge >= 0.3 is 6.09 Å². The zero-order valence-electron chi connectivity index (χ0n) is 21.2. The van der Waals surface area contributed by atoms with E-state index in [-0.39, 0.29) is 42.6 Å². The number of pyridine rings is 1. The van der Waals surface area contributed by atoms with Crippen LogP contribution in [0.2, 0.25) is 0 Å². The SMILES string of the molecule is CC(=O)N1c2ccc(-c3ccc(CN4CCCCC4)nc3)cc2[C@@H](NC(=O)OC2CCC2)C[C@H]1C.Cl. The fourth-order valence-corrected chi connectivity index (χ4v) is 5.51. The number of nitrogens with one attached hydrogen (secondary N) is 1. The summed E-state index contributed by atoms with van der Waals surface area (Å²) >= 11 is 0. The molecular formula is C28H37ClN4O3. The lowest BCUT2D eigenvalue weighted by molar-refractivity contribution is -0.117. The summed E-state index contributed by atoms with van der Waals surface area (Å²) in [6, 6.07) is 10.1. The summed E-state index contributed by atoms with van der Waals surface area (Å²) in [5, 5.41) is 3.08. The standard InChI is InChI=1S/C28H36N4O3.ClH/c1-19-15-26(30-28(34)35-24-7-6-8-24)25-16-21(10-12-27(25)32(19)20(2)33)22-9-11-23(29-17-22)18-31-13-4-3-5-14-31;/h9-12,16-17,19,24,26H,3-8,13-15,18H2,1-2H3,(H,30,34);1H/t19-,26+;/m1./s1. The first-order valence-electron chi connectivity index (χ1n) is 13.1. The highest BCUT2D eigenvalue weighted by Crippen LogP contribution is 2.40. The molecule has 36 heavy (non-hydrogen) atoms. The Labute approximate surface area is 220 Å². The summed E-state index contributed by atoms with van der Waals surface area (Å²) < 4.78 is 5.56. The van der Waals surface area contributed by atoms with Crippen LogP contribution in [-0.2, 0) is 16.1 Å². The molecule has 0 unspecified atom stereocenters. The molecule has 7 nitrogen and oxygen atoms in total. The molecule has 5 rings (SSSR count). The highest BCUT2D eigenvalue weighted by molar-refractivity contribution is 5.94. The molecule has 2 aromatic rings. The van der Waals surface area contributed by atoms with Crippen LogP contribution >= 0.6 is 12.4 Å². The summed E-state index contributed by atoms with van der Waals surface area (Å²) in [5.74, 6) is 0.00530. The van der Waals surface area contributed by atoms with E-state index in [0.29, 0.717) is 6.42 Å². The summed E-state index contributed by atoms with van der Waals surface area (Å²) in [6.07, 6.45) is 9.10. The third-order valence-electron chi connectivity index (χ3n) is 7.63. The van der Waals surface area contributed by atoms with Gasteiger partial charge in [-0.1, -0.05) is 18.6 Å². The topological polar surface area (TPSA) is 74.8 Å². The lowest BCUT2D eigenvalue weighted by Crippen LogP contribution is -2.46. The Morgan fingerprint density at radius 3 is 2.44 bits per heavy atom. The number of alkyl carbamates (subject to hydrolysis) is 1. The maximum Gasteiger partial charge on any atom is 0.407 e. The molecular weight excluding hydrogens is 476 g/mol. The summed E-state index contributed by atoms with van der Waals surface area (Å²) in [4.78, 5) is 34.1. The largest absolute Gasteiger partial charge is 0.446 e. The molecule has 1 aromatic heterocycles. The fourth-order valence-electron chi connectivity index (χ4n) is 5.51. The van der Waals surface area contributed by atoms with E-state index in [9.17, 15) is 9.59 Å². The van der Waals surface area contributed by atoms with Crippen molar-refractivity contribution < 1.29 is 14.3 Å². The van der Waals surface area contributed by atoms with Gasteiger partial charge in [0.25, 0.3) is 0 Å². The number of piperidine rings is 1. The minimum absolute atomic E-state index is 0. The predicted octanol–water partition coefficient (Wildman–Crippen LogP) is 5.62. The van der Waals surface area contributed by atoms with Crippen LogP contribution in [0.25, 0.3) is 11.1 Å². The summed E-state index contributed by atoms with van der Waals surface area (Å²) in [7, 11) is 0. The maximum atomic E-state index is 12.6. The second-order valence-electron chi connectivity index (χ2n) is 10.3. The minimum atomic E-state index is -0.372. The number of ether oxygens (including phenoxy) is 1. The lowest BCUT2D eigenvalue weighted by Gasteiger charge is -2.39. The molecule has 0 spiro atoms. The Kier molecular flexibility index (Phi) is 8.52. The van der Waals surface area contributed by atoms with Crippen LogP contribution < -0.4 is 10.2 Å². The molecule has 2 atom stereocenters. The normalized spacial score (nSPS) is 22.1. The molecule has 194 valence electrons. The van der Waals surface area contributed by atoms with Gasteiger partial charge in [0, 0.05) is 37.0 Å². The third kappa shape index (κ3) is 5.84. The van der Waals surface area contributed by atoms with Crippen molar-refractivity contribution in [2.24, 2.45) is 0 Å². The number of carbonyl (C=O) groups is 2. The van der Waals surface area contributed by atoms with Crippen molar-refractivity contribution in [1.82, 2.24) is 15.2 Å². The van der Waals surface area contributed by atoms with Gasteiger partial charge in [-0.05, 0) is 87.9 Å². The molecule has 1 aliphatic carbocycles. The van der Waals surface area contributed by atoms with E-state index in [4.69, 9.17) is 9.72 Å². The Balaban J connectivity index is 0.00000304. The smallest absolute Gasteiger partial charge is 0.407 e. The number of fused-ring (bicyclic) bond motifs is 1. The number of anilines is 1. The summed E-state index contributed by atoms with van der Waals surface area (Å²) in [5.41, 5.74) is 4.93. The summed E-state index contributed by atoms with van der Waals surface area (Å²) in [6.45, 7) is 6.81. The van der Waals surface area contributed by atoms with Crippen LogP contribution in [0.4, 0.5) is 10.5 Å². The Hall–Kier alpha value is -2.64. The quantitative estimate of drug-likeness (QED) is 0.562. The van der Waals surface area contributed by atoms with Gasteiger partial charge in [-0.2, -0.15) is 0 Å². The van der Waals surface area contributed by atoms with E-state index in [0.717, 1.165) is 67.0 Å². The van der Waals surface area contributed by atoms with Crippen molar-refractivity contribution in [2.45, 2.75) is 83.5 Å². The highest BCUT2D eigenvalue weighted by atomic mass is 35.5. The number of rotatable bonds is 5. The number of aromatic nitrogens is 1. The number of amides is 2. The van der Waals surface area contributed by atoms with Gasteiger partial charge in [-0.15, -0.1) is 12.4 Å². The van der Waals surface area contributed by atoms with Gasteiger partial charge in [-0.3, -0.25) is 14.7 Å². The van der Waals surface area contributed by atoms with E-state index in [1.807, 2.05) is 30.2 Å². The van der Waals surface area contributed by atoms with Crippen LogP contribution in [0.3, 0.4) is 0 Å². The Bertz CT molecular complexity index is 1070. The molecule has 3 aliphatic rings. The molecule has 2 amide bonds. The fraction of sp³-hybridized carbons (Fsp3) is 0.536. The van der Waals surface area contributed by atoms with Gasteiger partial charge < -0.3 is 15.0 Å². The first-order valence-corrected chi connectivity index (χ1v) is 13.1. The van der Waals surface area contributed by atoms with Crippen molar-refractivity contribution in [3.05, 3.63) is 47.8 Å². The first kappa shape index (κ1) is 26.4. The second-order valence-corrected chi connectivity index (χ2v) is 10.3. The number of halogens is 1. The van der Waals surface area contributed by atoms with Crippen molar-refractivity contribution in [2.75, 3.05) is 18.0 Å². The van der Waals surface area contributed by atoms with Gasteiger partial charge in [0.1, 0.15) is 6.10 Å². The van der Waals surface area contributed by atoms with Crippen molar-refractivity contribution in [1.29, 1.82) is 0 Å². The molecule has 8 heteroatoms. The van der Waals surface area contributed by atoms with E-state index in [1.54, 1.807) is 6.92 Å². The minimum Gasteiger partial charge on any atom is -0.446 e. The lowest BCUT2D eigenvalue weighted by atomic mass is 9.89. The molecule has 1 aromatic carbocycles. The molecule has 2 aliphatic heterocycles. The second kappa shape index (κ2) is 11.6. The van der Waals surface area contributed by atoms with Crippen LogP contribution in [0.5, 0.6) is 0 Å². The Morgan fingerprint density at radius 2 is 1.81 bits per heavy atom. The van der Waals surface area contributed by atoms with Crippen molar-refractivity contribution in [3.63, 3.8) is 0 Å². The number of hydrogen-bond donors (Lipinski definition) is 1. The molecule has 0 bridgehead atoms. The van der Waals surface area contributed by atoms with E-state index >= 15 is 0 Å². The average Bonchev–Trinajstić information content (AvgIpc) is 2.82. The van der Waals surface area contributed by atoms with E-state index < -0.39 is 0 Å². The number of likely N-dealkylation sites (tertiary alicyclic amines) is 1. The number of nitrogens with zero attached hydrogens (tertiary/aromatic N) is 3.